The maximum Gasteiger partial charge on any atom is 0.474 e. The fraction of sp³-hybridized carbons (Fsp3) is 1.00. The van der Waals surface area contributed by atoms with Crippen molar-refractivity contribution in [3.8, 4) is 0 Å². The van der Waals surface area contributed by atoms with Crippen LogP contribution in [0.25, 0.3) is 0 Å². The van der Waals surface area contributed by atoms with Crippen molar-refractivity contribution < 1.29 is 56.3 Å². The van der Waals surface area contributed by atoms with Gasteiger partial charge in [0, 0.05) is 5.22 Å². The molecule has 33 heteroatoms. The highest BCUT2D eigenvalue weighted by molar-refractivity contribution is 7.47. The van der Waals surface area contributed by atoms with Gasteiger partial charge in [0.1, 0.15) is 12.2 Å². The summed E-state index contributed by atoms with van der Waals surface area (Å²) in [6.07, 6.45) is 22.6. The van der Waals surface area contributed by atoms with E-state index in [1.165, 1.54) is 0 Å². The third-order valence-corrected chi connectivity index (χ3v) is 15.9. The van der Waals surface area contributed by atoms with Gasteiger partial charge < -0.3 is 34.9 Å². The summed E-state index contributed by atoms with van der Waals surface area (Å²) in [5, 5.41) is 68.5. The Morgan fingerprint density at radius 2 is 0.651 bits per heavy atom. The van der Waals surface area contributed by atoms with E-state index in [-0.39, 0.29) is 36.1 Å². The summed E-state index contributed by atoms with van der Waals surface area (Å²) in [4.78, 5) is 22.4. The largest absolute Gasteiger partial charge is 0.474 e. The van der Waals surface area contributed by atoms with Gasteiger partial charge in [0.25, 0.3) is 0 Å². The summed E-state index contributed by atoms with van der Waals surface area (Å²) in [7, 11) is -10.1. The summed E-state index contributed by atoms with van der Waals surface area (Å²) in [5.41, 5.74) is -0.349. The topological polar surface area (TPSA) is 408 Å². The second kappa shape index (κ2) is 51.5. The molecular weight excluding hydrogens is 1120 g/mol. The summed E-state index contributed by atoms with van der Waals surface area (Å²) >= 11 is 0. The number of unbranched alkanes of at least 4 members (excludes halogenated alkanes) is 9. The van der Waals surface area contributed by atoms with Gasteiger partial charge in [-0.25, -0.2) is 9.13 Å². The fourth-order valence-electron chi connectivity index (χ4n) is 9.29. The number of aliphatic hydroxyl groups excluding tert-OH is 1. The first-order valence-corrected chi connectivity index (χ1v) is 33.1. The van der Waals surface area contributed by atoms with Crippen molar-refractivity contribution in [3.63, 3.8) is 0 Å². The molecule has 31 nitrogen and oxygen atoms in total. The van der Waals surface area contributed by atoms with Gasteiger partial charge >= 0.3 is 15.6 Å². The van der Waals surface area contributed by atoms with E-state index in [0.29, 0.717) is 19.8 Å². The zero-order valence-corrected chi connectivity index (χ0v) is 53.3. The zero-order valence-electron chi connectivity index (χ0n) is 51.5. The van der Waals surface area contributed by atoms with Crippen molar-refractivity contribution in [2.24, 2.45) is 116 Å². The number of hydrogen-bond acceptors (Lipinski definition) is 12. The van der Waals surface area contributed by atoms with Crippen molar-refractivity contribution in [1.82, 2.24) is 0 Å². The van der Waals surface area contributed by atoms with Crippen molar-refractivity contribution >= 4 is 15.6 Å². The molecule has 0 bridgehead atoms. The lowest BCUT2D eigenvalue weighted by Crippen LogP contribution is -2.32. The average Bonchev–Trinajstić information content (AvgIpc) is 3.50. The summed E-state index contributed by atoms with van der Waals surface area (Å²) in [5.74, 6) is 4.74. The number of aliphatic hydroxyl groups is 1. The Hall–Kier alpha value is -3.74. The van der Waals surface area contributed by atoms with Crippen LogP contribution in [0.4, 0.5) is 0 Å². The van der Waals surface area contributed by atoms with Crippen LogP contribution in [0.3, 0.4) is 0 Å². The number of phosphoric ester groups is 2. The zero-order chi connectivity index (χ0) is 61.7. The number of ether oxygens (including phenoxy) is 3. The van der Waals surface area contributed by atoms with Crippen LogP contribution in [-0.4, -0.2) is 86.2 Å². The molecule has 83 heavy (non-hydrogen) atoms. The van der Waals surface area contributed by atoms with E-state index in [2.05, 4.69) is 156 Å². The van der Waals surface area contributed by atoms with Crippen LogP contribution in [0.1, 0.15) is 236 Å². The molecule has 0 aromatic rings. The van der Waals surface area contributed by atoms with Gasteiger partial charge in [0.2, 0.25) is 6.23 Å². The van der Waals surface area contributed by atoms with Crippen LogP contribution in [0.5, 0.6) is 0 Å². The lowest BCUT2D eigenvalue weighted by Gasteiger charge is -2.35. The van der Waals surface area contributed by atoms with Crippen molar-refractivity contribution in [3.05, 3.63) is 0 Å². The van der Waals surface area contributed by atoms with Crippen molar-refractivity contribution in [2.45, 2.75) is 254 Å². The molecule has 5 unspecified atom stereocenters. The number of phosphoric acid groups is 2. The molecular formula is C50H105N19O12P2. The first kappa shape index (κ1) is 79.3. The highest BCUT2D eigenvalue weighted by atomic mass is 31.2. The number of nitrogens with two attached hydrogens (primary N) is 1. The lowest BCUT2D eigenvalue weighted by molar-refractivity contribution is -0.0513. The van der Waals surface area contributed by atoms with Crippen LogP contribution in [0, 0.1) is 16.2 Å². The molecule has 0 aromatic heterocycles. The third-order valence-electron chi connectivity index (χ3n) is 13.9. The normalized spacial score (nSPS) is 16.0. The maximum atomic E-state index is 13.9. The van der Waals surface area contributed by atoms with Crippen LogP contribution < -0.4 is 5.84 Å². The van der Waals surface area contributed by atoms with E-state index >= 15 is 0 Å². The Morgan fingerprint density at radius 3 is 0.976 bits per heavy atom. The molecule has 5 N–H and O–H groups in total. The van der Waals surface area contributed by atoms with E-state index in [1.807, 2.05) is 0 Å². The van der Waals surface area contributed by atoms with Crippen molar-refractivity contribution in [2.75, 3.05) is 52.9 Å². The van der Waals surface area contributed by atoms with E-state index in [9.17, 15) is 24.0 Å². The molecule has 0 radical (unpaired) electrons. The van der Waals surface area contributed by atoms with E-state index in [1.54, 1.807) is 0 Å². The van der Waals surface area contributed by atoms with Crippen LogP contribution in [-0.2, 0) is 41.4 Å². The molecule has 0 saturated heterocycles. The Morgan fingerprint density at radius 1 is 0.373 bits per heavy atom. The molecule has 0 spiro atoms. The minimum Gasteiger partial charge on any atom is -0.388 e. The maximum absolute atomic E-state index is 13.9. The molecule has 482 valence electrons. The second-order valence-electron chi connectivity index (χ2n) is 21.1. The molecule has 0 amide bonds. The molecule has 0 aliphatic rings. The molecule has 5 atom stereocenters. The molecule has 0 aliphatic heterocycles. The molecule has 0 saturated carbocycles. The van der Waals surface area contributed by atoms with Gasteiger partial charge in [-0.3, -0.25) is 18.1 Å². The molecule has 0 aliphatic carbocycles. The predicted molar refractivity (Wildman–Crippen MR) is 311 cm³/mol. The minimum absolute atomic E-state index is 0.0226. The summed E-state index contributed by atoms with van der Waals surface area (Å²) < 4.78 is 68.3. The van der Waals surface area contributed by atoms with Crippen molar-refractivity contribution in [1.29, 1.82) is 0 Å². The lowest BCUT2D eigenvalue weighted by atomic mass is 9.75. The second-order valence-corrected chi connectivity index (χ2v) is 23.9. The van der Waals surface area contributed by atoms with Crippen LogP contribution >= 0.6 is 15.6 Å². The van der Waals surface area contributed by atoms with E-state index < -0.39 is 47.3 Å². The highest BCUT2D eigenvalue weighted by Gasteiger charge is 2.36. The van der Waals surface area contributed by atoms with Crippen LogP contribution in [0.2, 0.25) is 0 Å². The van der Waals surface area contributed by atoms with Gasteiger partial charge in [-0.05, 0) is 152 Å². The smallest absolute Gasteiger partial charge is 0.388 e. The van der Waals surface area contributed by atoms with Gasteiger partial charge in [-0.15, -0.1) is 5.11 Å². The fourth-order valence-corrected chi connectivity index (χ4v) is 11.0. The van der Waals surface area contributed by atoms with Gasteiger partial charge in [-0.2, -0.15) is 0 Å². The van der Waals surface area contributed by atoms with Gasteiger partial charge in [0.15, 0.2) is 0 Å². The molecule has 0 rings (SSSR count). The first-order chi connectivity index (χ1) is 40.1. The first-order valence-electron chi connectivity index (χ1n) is 30.1. The van der Waals surface area contributed by atoms with E-state index in [4.69, 9.17) is 38.1 Å². The Kier molecular flexibility index (Phi) is 49.2. The molecule has 0 aromatic carbocycles. The highest BCUT2D eigenvalue weighted by Crippen LogP contribution is 2.49. The molecule has 0 heterocycles. The van der Waals surface area contributed by atoms with E-state index in [0.717, 1.165) is 173 Å². The van der Waals surface area contributed by atoms with Gasteiger partial charge in [-0.1, -0.05) is 183 Å². The summed E-state index contributed by atoms with van der Waals surface area (Å²) in [6.45, 7) is 18.2. The number of hydrogen-bond donors (Lipinski definition) is 4. The monoisotopic (exact) mass is 1230 g/mol. The van der Waals surface area contributed by atoms with Crippen LogP contribution in [0.15, 0.2) is 93.9 Å². The van der Waals surface area contributed by atoms with Gasteiger partial charge in [0.05, 0.1) is 52.9 Å². The summed E-state index contributed by atoms with van der Waals surface area (Å²) in [6, 6.07) is 0. The Bertz CT molecular complexity index is 1900. The third kappa shape index (κ3) is 42.7. The SMILES string of the molecule is CCCCC(CCCC)(CCCC)COCC(O)COP(=O)(O)OC(COCC(CCCC)(CCCC)CCCC)COP(=O)(O)OC(COCC(CCCC)(CCCC)CCCC)\N=N/N=N/N=N/N=N/N=N/N=N\N=N/N=N\N=N/N. The minimum atomic E-state index is -5.13. The quantitative estimate of drug-likeness (QED) is 0.0191. The predicted octanol–water partition coefficient (Wildman–Crippen LogP) is 17.3. The number of nitrogens with zero attached hydrogens (tertiary/aromatic N) is 18. The Labute approximate surface area is 493 Å². The number of rotatable bonds is 58. The Balaban J connectivity index is 6.72. The standard InChI is InChI=1S/C50H105N19O12P2/c1-10-19-28-48(29-20-11-2,30-21-12-3)42-75-37-45(70)38-78-82(71,72)80-46(39-76-43-49(31-22-13-4,32-23-14-5)33-24-15-6)40-79-83(73,74)81-47(41-77-44-50(34-25-16-7,35-26-17-8)36-27-18-9)52-54-56-58-60-62-64-66-68-69-67-65-63-61-59-57-55-53-51/h45-47,70H,10-44H2,1-9H3,(H,71,72)(H,73,74)(H2,51,52,55,56,59,60,63,64,67,68). The molecule has 0 fully saturated rings. The average molecular weight is 1230 g/mol.